The number of rotatable bonds is 5. The Morgan fingerprint density at radius 1 is 1.27 bits per heavy atom. The summed E-state index contributed by atoms with van der Waals surface area (Å²) in [6.07, 6.45) is -3.96. The van der Waals surface area contributed by atoms with Gasteiger partial charge in [0.05, 0.1) is 16.4 Å². The minimum atomic E-state index is -4.34. The molecule has 0 aliphatic heterocycles. The van der Waals surface area contributed by atoms with Crippen LogP contribution in [0.5, 0.6) is 0 Å². The maximum atomic E-state index is 14.0. The van der Waals surface area contributed by atoms with Crippen molar-refractivity contribution in [3.8, 4) is 0 Å². The Labute approximate surface area is 149 Å². The highest BCUT2D eigenvalue weighted by Gasteiger charge is 2.42. The molecule has 1 fully saturated rings. The van der Waals surface area contributed by atoms with Gasteiger partial charge in [-0.05, 0) is 37.5 Å². The fraction of sp³-hybridized carbons (Fsp3) is 0.562. The van der Waals surface area contributed by atoms with E-state index in [9.17, 15) is 30.8 Å². The highest BCUT2D eigenvalue weighted by atomic mass is 32.2. The van der Waals surface area contributed by atoms with E-state index in [-0.39, 0.29) is 24.3 Å². The van der Waals surface area contributed by atoms with Crippen molar-refractivity contribution in [3.05, 3.63) is 29.6 Å². The smallest absolute Gasteiger partial charge is 0.349 e. The summed E-state index contributed by atoms with van der Waals surface area (Å²) in [6, 6.07) is 2.01. The van der Waals surface area contributed by atoms with E-state index in [1.165, 1.54) is 0 Å². The number of alkyl halides is 3. The van der Waals surface area contributed by atoms with Crippen LogP contribution < -0.4 is 10.0 Å². The van der Waals surface area contributed by atoms with Crippen LogP contribution in [0.25, 0.3) is 0 Å². The molecule has 0 heterocycles. The first-order chi connectivity index (χ1) is 12.0. The molecule has 1 aliphatic carbocycles. The van der Waals surface area contributed by atoms with E-state index < -0.39 is 45.4 Å². The molecular weight excluding hydrogens is 376 g/mol. The number of benzene rings is 1. The molecule has 1 aromatic carbocycles. The zero-order valence-electron chi connectivity index (χ0n) is 14.1. The van der Waals surface area contributed by atoms with Gasteiger partial charge in [0.1, 0.15) is 5.82 Å². The summed E-state index contributed by atoms with van der Waals surface area (Å²) < 4.78 is 78.7. The minimum absolute atomic E-state index is 0.000642. The van der Waals surface area contributed by atoms with E-state index in [2.05, 4.69) is 10.0 Å². The van der Waals surface area contributed by atoms with Gasteiger partial charge in [0.2, 0.25) is 10.0 Å². The summed E-state index contributed by atoms with van der Waals surface area (Å²) in [5.74, 6) is -3.38. The maximum Gasteiger partial charge on any atom is 0.391 e. The van der Waals surface area contributed by atoms with Crippen LogP contribution in [0, 0.1) is 11.7 Å². The predicted molar refractivity (Wildman–Crippen MR) is 86.5 cm³/mol. The lowest BCUT2D eigenvalue weighted by Crippen LogP contribution is -2.41. The molecule has 1 amide bonds. The van der Waals surface area contributed by atoms with Gasteiger partial charge in [-0.1, -0.05) is 13.3 Å². The number of hydrogen-bond donors (Lipinski definition) is 2. The summed E-state index contributed by atoms with van der Waals surface area (Å²) in [4.78, 5) is 12.0. The van der Waals surface area contributed by atoms with Crippen LogP contribution in [0.3, 0.4) is 0 Å². The average molecular weight is 396 g/mol. The molecule has 2 rings (SSSR count). The van der Waals surface area contributed by atoms with Gasteiger partial charge in [0, 0.05) is 12.6 Å². The number of sulfonamides is 1. The van der Waals surface area contributed by atoms with E-state index >= 15 is 0 Å². The van der Waals surface area contributed by atoms with Gasteiger partial charge in [0.15, 0.2) is 0 Å². The summed E-state index contributed by atoms with van der Waals surface area (Å²) in [5, 5.41) is 2.39. The third-order valence-electron chi connectivity index (χ3n) is 4.30. The predicted octanol–water partition coefficient (Wildman–Crippen LogP) is 2.97. The fourth-order valence-corrected chi connectivity index (χ4v) is 4.07. The molecule has 146 valence electrons. The van der Waals surface area contributed by atoms with Crippen LogP contribution in [0.15, 0.2) is 23.1 Å². The number of amides is 1. The Morgan fingerprint density at radius 2 is 1.96 bits per heavy atom. The first-order valence-electron chi connectivity index (χ1n) is 8.21. The molecule has 5 nitrogen and oxygen atoms in total. The molecule has 0 aromatic heterocycles. The quantitative estimate of drug-likeness (QED) is 0.752. The van der Waals surface area contributed by atoms with Gasteiger partial charge in [-0.15, -0.1) is 0 Å². The molecular formula is C16H20F4N2O3S. The van der Waals surface area contributed by atoms with Crippen molar-refractivity contribution in [3.63, 3.8) is 0 Å². The molecule has 0 saturated heterocycles. The molecule has 10 heteroatoms. The first-order valence-corrected chi connectivity index (χ1v) is 9.69. The number of carbonyl (C=O) groups excluding carboxylic acids is 1. The van der Waals surface area contributed by atoms with E-state index in [1.807, 2.05) is 0 Å². The van der Waals surface area contributed by atoms with Gasteiger partial charge in [-0.3, -0.25) is 4.79 Å². The standard InChI is InChI=1S/C16H20F4N2O3S/c1-2-21-26(24,25)12-6-7-14(17)13(9-12)15(23)22-11-5-3-4-10(8-11)16(18,19)20/h6-7,9-11,21H,2-5,8H2,1H3,(H,22,23). The summed E-state index contributed by atoms with van der Waals surface area (Å²) in [5.41, 5.74) is -0.516. The Hall–Kier alpha value is -1.68. The number of halogens is 4. The molecule has 26 heavy (non-hydrogen) atoms. The molecule has 0 radical (unpaired) electrons. The molecule has 1 aromatic rings. The third kappa shape index (κ3) is 4.94. The topological polar surface area (TPSA) is 75.3 Å². The van der Waals surface area contributed by atoms with Crippen LogP contribution in [0.2, 0.25) is 0 Å². The number of nitrogens with one attached hydrogen (secondary N) is 2. The fourth-order valence-electron chi connectivity index (χ4n) is 3.00. The van der Waals surface area contributed by atoms with E-state index in [0.717, 1.165) is 18.2 Å². The summed E-state index contributed by atoms with van der Waals surface area (Å²) in [7, 11) is -3.89. The SMILES string of the molecule is CCNS(=O)(=O)c1ccc(F)c(C(=O)NC2CCCC(C(F)(F)F)C2)c1. The zero-order valence-corrected chi connectivity index (χ0v) is 14.9. The van der Waals surface area contributed by atoms with Gasteiger partial charge < -0.3 is 5.32 Å². The molecule has 0 spiro atoms. The van der Waals surface area contributed by atoms with Crippen molar-refractivity contribution in [2.45, 2.75) is 49.7 Å². The van der Waals surface area contributed by atoms with Crippen molar-refractivity contribution >= 4 is 15.9 Å². The highest BCUT2D eigenvalue weighted by molar-refractivity contribution is 7.89. The Morgan fingerprint density at radius 3 is 2.58 bits per heavy atom. The van der Waals surface area contributed by atoms with Crippen LogP contribution in [0.4, 0.5) is 17.6 Å². The average Bonchev–Trinajstić information content (AvgIpc) is 2.54. The molecule has 2 N–H and O–H groups in total. The monoisotopic (exact) mass is 396 g/mol. The van der Waals surface area contributed by atoms with E-state index in [4.69, 9.17) is 0 Å². The number of carbonyl (C=O) groups is 1. The second kappa shape index (κ2) is 7.91. The van der Waals surface area contributed by atoms with Crippen molar-refractivity contribution in [1.29, 1.82) is 0 Å². The Bertz CT molecular complexity index is 765. The lowest BCUT2D eigenvalue weighted by molar-refractivity contribution is -0.183. The van der Waals surface area contributed by atoms with Crippen molar-refractivity contribution < 1.29 is 30.8 Å². The molecule has 2 atom stereocenters. The molecule has 2 unspecified atom stereocenters. The first kappa shape index (κ1) is 20.6. The van der Waals surface area contributed by atoms with E-state index in [1.54, 1.807) is 6.92 Å². The normalized spacial score (nSPS) is 21.4. The van der Waals surface area contributed by atoms with Gasteiger partial charge in [-0.25, -0.2) is 17.5 Å². The Balaban J connectivity index is 2.17. The van der Waals surface area contributed by atoms with Crippen molar-refractivity contribution in [1.82, 2.24) is 10.0 Å². The molecule has 0 bridgehead atoms. The van der Waals surface area contributed by atoms with Crippen LogP contribution in [-0.4, -0.2) is 33.1 Å². The largest absolute Gasteiger partial charge is 0.391 e. The summed E-state index contributed by atoms with van der Waals surface area (Å²) >= 11 is 0. The lowest BCUT2D eigenvalue weighted by atomic mass is 9.85. The Kier molecular flexibility index (Phi) is 6.28. The van der Waals surface area contributed by atoms with Crippen LogP contribution >= 0.6 is 0 Å². The second-order valence-corrected chi connectivity index (χ2v) is 7.99. The lowest BCUT2D eigenvalue weighted by Gasteiger charge is -2.31. The number of hydrogen-bond acceptors (Lipinski definition) is 3. The van der Waals surface area contributed by atoms with Crippen molar-refractivity contribution in [2.24, 2.45) is 5.92 Å². The van der Waals surface area contributed by atoms with Crippen molar-refractivity contribution in [2.75, 3.05) is 6.54 Å². The second-order valence-electron chi connectivity index (χ2n) is 6.22. The van der Waals surface area contributed by atoms with E-state index in [0.29, 0.717) is 12.8 Å². The van der Waals surface area contributed by atoms with Gasteiger partial charge >= 0.3 is 6.18 Å². The van der Waals surface area contributed by atoms with Crippen LogP contribution in [0.1, 0.15) is 43.0 Å². The maximum absolute atomic E-state index is 14.0. The minimum Gasteiger partial charge on any atom is -0.349 e. The highest BCUT2D eigenvalue weighted by Crippen LogP contribution is 2.37. The van der Waals surface area contributed by atoms with Gasteiger partial charge in [0.25, 0.3) is 5.91 Å². The van der Waals surface area contributed by atoms with Gasteiger partial charge in [-0.2, -0.15) is 13.2 Å². The molecule has 1 aliphatic rings. The summed E-state index contributed by atoms with van der Waals surface area (Å²) in [6.45, 7) is 1.68. The third-order valence-corrected chi connectivity index (χ3v) is 5.84. The zero-order chi connectivity index (χ0) is 19.5. The molecule has 1 saturated carbocycles. The van der Waals surface area contributed by atoms with Crippen LogP contribution in [-0.2, 0) is 10.0 Å².